The molecule has 0 saturated carbocycles. The van der Waals surface area contributed by atoms with Crippen LogP contribution in [-0.4, -0.2) is 36.2 Å². The van der Waals surface area contributed by atoms with E-state index in [9.17, 15) is 5.11 Å². The number of hydrogen-bond donors (Lipinski definition) is 2. The molecule has 2 aromatic carbocycles. The van der Waals surface area contributed by atoms with E-state index in [0.29, 0.717) is 5.75 Å². The highest BCUT2D eigenvalue weighted by Gasteiger charge is 2.21. The standard InChI is InChI=1S/C17H20N2O.2ClH/c1-2-16(19-11-9-18-10-12-19)14-7-8-17(20)15-6-4-3-5-13(14)15;;/h2-8,16,18,20H,1,9-12H2;2*1H/t16-;;/m1../s1. The van der Waals surface area contributed by atoms with Crippen molar-refractivity contribution < 1.29 is 5.11 Å². The maximum Gasteiger partial charge on any atom is 0.123 e. The van der Waals surface area contributed by atoms with Crippen molar-refractivity contribution >= 4 is 35.6 Å². The number of fused-ring (bicyclic) bond motifs is 1. The maximum atomic E-state index is 10.0. The zero-order valence-electron chi connectivity index (χ0n) is 12.4. The first kappa shape index (κ1) is 18.8. The molecule has 1 fully saturated rings. The molecular weight excluding hydrogens is 319 g/mol. The van der Waals surface area contributed by atoms with Crippen LogP contribution in [0, 0.1) is 0 Å². The van der Waals surface area contributed by atoms with Gasteiger partial charge in [0.2, 0.25) is 0 Å². The number of nitrogens with one attached hydrogen (secondary N) is 1. The Morgan fingerprint density at radius 1 is 1.05 bits per heavy atom. The molecule has 0 aliphatic carbocycles. The topological polar surface area (TPSA) is 35.5 Å². The van der Waals surface area contributed by atoms with Gasteiger partial charge < -0.3 is 10.4 Å². The van der Waals surface area contributed by atoms with E-state index in [4.69, 9.17) is 0 Å². The second kappa shape index (κ2) is 8.39. The molecule has 120 valence electrons. The summed E-state index contributed by atoms with van der Waals surface area (Å²) in [6.45, 7) is 8.09. The molecule has 0 bridgehead atoms. The zero-order chi connectivity index (χ0) is 13.9. The lowest BCUT2D eigenvalue weighted by Gasteiger charge is -2.34. The van der Waals surface area contributed by atoms with Crippen molar-refractivity contribution in [2.75, 3.05) is 26.2 Å². The molecular formula is C17H22Cl2N2O. The van der Waals surface area contributed by atoms with Crippen LogP contribution >= 0.6 is 24.8 Å². The summed E-state index contributed by atoms with van der Waals surface area (Å²) < 4.78 is 0. The van der Waals surface area contributed by atoms with Gasteiger partial charge in [-0.15, -0.1) is 31.4 Å². The maximum absolute atomic E-state index is 10.0. The average molecular weight is 341 g/mol. The number of piperazine rings is 1. The summed E-state index contributed by atoms with van der Waals surface area (Å²) in [4.78, 5) is 2.43. The Balaban J connectivity index is 0.00000121. The molecule has 1 aliphatic rings. The van der Waals surface area contributed by atoms with Gasteiger partial charge in [-0.1, -0.05) is 36.4 Å². The number of phenols is 1. The molecule has 2 N–H and O–H groups in total. The van der Waals surface area contributed by atoms with Crippen molar-refractivity contribution in [1.29, 1.82) is 0 Å². The predicted octanol–water partition coefficient (Wildman–Crippen LogP) is 3.52. The van der Waals surface area contributed by atoms with E-state index in [2.05, 4.69) is 22.9 Å². The summed E-state index contributed by atoms with van der Waals surface area (Å²) in [5, 5.41) is 15.4. The van der Waals surface area contributed by atoms with Crippen molar-refractivity contribution in [2.45, 2.75) is 6.04 Å². The first-order valence-corrected chi connectivity index (χ1v) is 7.09. The second-order valence-electron chi connectivity index (χ2n) is 5.19. The van der Waals surface area contributed by atoms with Gasteiger partial charge in [0.25, 0.3) is 0 Å². The summed E-state index contributed by atoms with van der Waals surface area (Å²) in [7, 11) is 0. The fraction of sp³-hybridized carbons (Fsp3) is 0.294. The van der Waals surface area contributed by atoms with Crippen molar-refractivity contribution in [3.63, 3.8) is 0 Å². The minimum Gasteiger partial charge on any atom is -0.507 e. The lowest BCUT2D eigenvalue weighted by atomic mass is 9.96. The van der Waals surface area contributed by atoms with Crippen molar-refractivity contribution in [2.24, 2.45) is 0 Å². The van der Waals surface area contributed by atoms with Crippen LogP contribution in [0.1, 0.15) is 11.6 Å². The molecule has 1 heterocycles. The van der Waals surface area contributed by atoms with E-state index in [1.54, 1.807) is 6.07 Å². The summed E-state index contributed by atoms with van der Waals surface area (Å²) >= 11 is 0. The molecule has 1 saturated heterocycles. The largest absolute Gasteiger partial charge is 0.507 e. The van der Waals surface area contributed by atoms with E-state index < -0.39 is 0 Å². The third-order valence-corrected chi connectivity index (χ3v) is 4.02. The van der Waals surface area contributed by atoms with E-state index in [1.165, 1.54) is 5.56 Å². The van der Waals surface area contributed by atoms with Gasteiger partial charge in [0.15, 0.2) is 0 Å². The van der Waals surface area contributed by atoms with Gasteiger partial charge in [-0.25, -0.2) is 0 Å². The van der Waals surface area contributed by atoms with E-state index in [1.807, 2.05) is 30.3 Å². The number of nitrogens with zero attached hydrogens (tertiary/aromatic N) is 1. The van der Waals surface area contributed by atoms with Gasteiger partial charge >= 0.3 is 0 Å². The van der Waals surface area contributed by atoms with E-state index in [0.717, 1.165) is 37.0 Å². The average Bonchev–Trinajstić information content (AvgIpc) is 2.52. The Labute approximate surface area is 143 Å². The van der Waals surface area contributed by atoms with Gasteiger partial charge in [0.1, 0.15) is 5.75 Å². The molecule has 1 aliphatic heterocycles. The van der Waals surface area contributed by atoms with Crippen molar-refractivity contribution in [3.05, 3.63) is 54.6 Å². The van der Waals surface area contributed by atoms with Crippen LogP contribution in [0.5, 0.6) is 5.75 Å². The van der Waals surface area contributed by atoms with Crippen LogP contribution in [0.25, 0.3) is 10.8 Å². The van der Waals surface area contributed by atoms with Crippen LogP contribution in [-0.2, 0) is 0 Å². The zero-order valence-corrected chi connectivity index (χ0v) is 14.0. The first-order chi connectivity index (χ1) is 9.81. The summed E-state index contributed by atoms with van der Waals surface area (Å²) in [6, 6.07) is 12.0. The summed E-state index contributed by atoms with van der Waals surface area (Å²) in [6.07, 6.45) is 2.00. The first-order valence-electron chi connectivity index (χ1n) is 7.09. The molecule has 0 aromatic heterocycles. The molecule has 0 radical (unpaired) electrons. The number of benzene rings is 2. The normalized spacial score (nSPS) is 16.4. The van der Waals surface area contributed by atoms with E-state index in [-0.39, 0.29) is 30.9 Å². The van der Waals surface area contributed by atoms with Crippen molar-refractivity contribution in [1.82, 2.24) is 10.2 Å². The number of phenolic OH excluding ortho intramolecular Hbond substituents is 1. The Morgan fingerprint density at radius 3 is 2.32 bits per heavy atom. The number of rotatable bonds is 3. The fourth-order valence-corrected chi connectivity index (χ4v) is 3.00. The van der Waals surface area contributed by atoms with Gasteiger partial charge in [-0.3, -0.25) is 4.90 Å². The fourth-order valence-electron chi connectivity index (χ4n) is 3.00. The molecule has 0 amide bonds. The quantitative estimate of drug-likeness (QED) is 0.839. The highest BCUT2D eigenvalue weighted by atomic mass is 35.5. The predicted molar refractivity (Wildman–Crippen MR) is 97.5 cm³/mol. The smallest absolute Gasteiger partial charge is 0.123 e. The van der Waals surface area contributed by atoms with Crippen LogP contribution in [0.4, 0.5) is 0 Å². The van der Waals surface area contributed by atoms with Crippen LogP contribution in [0.2, 0.25) is 0 Å². The highest BCUT2D eigenvalue weighted by Crippen LogP contribution is 2.33. The molecule has 0 spiro atoms. The third-order valence-electron chi connectivity index (χ3n) is 4.02. The summed E-state index contributed by atoms with van der Waals surface area (Å²) in [5.41, 5.74) is 1.22. The lowest BCUT2D eigenvalue weighted by molar-refractivity contribution is 0.204. The summed E-state index contributed by atoms with van der Waals surface area (Å²) in [5.74, 6) is 0.340. The number of halogens is 2. The molecule has 5 heteroatoms. The van der Waals surface area contributed by atoms with Crippen LogP contribution in [0.15, 0.2) is 49.1 Å². The van der Waals surface area contributed by atoms with Gasteiger partial charge in [-0.05, 0) is 17.0 Å². The molecule has 3 nitrogen and oxygen atoms in total. The number of aromatic hydroxyl groups is 1. The van der Waals surface area contributed by atoms with E-state index >= 15 is 0 Å². The Bertz CT molecular complexity index is 627. The highest BCUT2D eigenvalue weighted by molar-refractivity contribution is 5.91. The minimum absolute atomic E-state index is 0. The van der Waals surface area contributed by atoms with Crippen LogP contribution in [0.3, 0.4) is 0 Å². The van der Waals surface area contributed by atoms with Gasteiger partial charge in [0, 0.05) is 31.6 Å². The van der Waals surface area contributed by atoms with Crippen molar-refractivity contribution in [3.8, 4) is 5.75 Å². The monoisotopic (exact) mass is 340 g/mol. The lowest BCUT2D eigenvalue weighted by Crippen LogP contribution is -2.44. The number of hydrogen-bond acceptors (Lipinski definition) is 3. The second-order valence-corrected chi connectivity index (χ2v) is 5.19. The molecule has 2 aromatic rings. The van der Waals surface area contributed by atoms with Gasteiger partial charge in [-0.2, -0.15) is 0 Å². The molecule has 1 atom stereocenters. The molecule has 0 unspecified atom stereocenters. The molecule has 22 heavy (non-hydrogen) atoms. The Morgan fingerprint density at radius 2 is 1.68 bits per heavy atom. The Hall–Kier alpha value is -1.26. The Kier molecular flexibility index (Phi) is 7.17. The van der Waals surface area contributed by atoms with Gasteiger partial charge in [0.05, 0.1) is 6.04 Å². The third kappa shape index (κ3) is 3.55. The minimum atomic E-state index is 0. The SMILES string of the molecule is C=C[C@H](c1ccc(O)c2ccccc12)N1CCNCC1.Cl.Cl. The molecule has 3 rings (SSSR count). The van der Waals surface area contributed by atoms with Crippen LogP contribution < -0.4 is 5.32 Å².